The van der Waals surface area contributed by atoms with E-state index in [0.717, 1.165) is 29.7 Å². The molecule has 0 saturated heterocycles. The molecule has 1 aliphatic carbocycles. The predicted octanol–water partition coefficient (Wildman–Crippen LogP) is 2.64. The standard InChI is InChI=1S/C17H27N5OS/c1-5-13-9-14(23)22-16(19-13)24-15(20-22)18-11-17(21(3)4)8-6-7-12(2)10-17/h9,12H,5-8,10-11H2,1-4H3,(H,18,20). The van der Waals surface area contributed by atoms with Crippen molar-refractivity contribution in [3.8, 4) is 0 Å². The van der Waals surface area contributed by atoms with Crippen molar-refractivity contribution in [3.63, 3.8) is 0 Å². The smallest absolute Gasteiger partial charge is 0.275 e. The van der Waals surface area contributed by atoms with Gasteiger partial charge in [-0.05, 0) is 39.3 Å². The highest BCUT2D eigenvalue weighted by atomic mass is 32.1. The Kier molecular flexibility index (Phi) is 4.92. The van der Waals surface area contributed by atoms with Gasteiger partial charge >= 0.3 is 0 Å². The Bertz CT molecular complexity index is 768. The molecule has 2 aromatic heterocycles. The molecule has 1 fully saturated rings. The van der Waals surface area contributed by atoms with Crippen LogP contribution in [0.25, 0.3) is 4.96 Å². The van der Waals surface area contributed by atoms with E-state index >= 15 is 0 Å². The Hall–Kier alpha value is -1.47. The third kappa shape index (κ3) is 3.32. The van der Waals surface area contributed by atoms with Gasteiger partial charge in [0.15, 0.2) is 0 Å². The molecule has 2 atom stereocenters. The molecule has 132 valence electrons. The van der Waals surface area contributed by atoms with E-state index in [4.69, 9.17) is 0 Å². The molecule has 0 bridgehead atoms. The summed E-state index contributed by atoms with van der Waals surface area (Å²) in [7, 11) is 4.33. The zero-order valence-corrected chi connectivity index (χ0v) is 15.8. The zero-order valence-electron chi connectivity index (χ0n) is 15.0. The third-order valence-electron chi connectivity index (χ3n) is 5.25. The highest BCUT2D eigenvalue weighted by molar-refractivity contribution is 7.20. The average Bonchev–Trinajstić information content (AvgIpc) is 2.96. The van der Waals surface area contributed by atoms with E-state index in [1.807, 2.05) is 6.92 Å². The minimum Gasteiger partial charge on any atom is -0.358 e. The van der Waals surface area contributed by atoms with Crippen LogP contribution in [0.4, 0.5) is 5.13 Å². The second-order valence-electron chi connectivity index (χ2n) is 7.21. The molecule has 0 aliphatic heterocycles. The fourth-order valence-electron chi connectivity index (χ4n) is 3.71. The molecular formula is C17H27N5OS. The average molecular weight is 350 g/mol. The molecule has 2 heterocycles. The van der Waals surface area contributed by atoms with Crippen molar-refractivity contribution in [1.29, 1.82) is 0 Å². The van der Waals surface area contributed by atoms with Gasteiger partial charge in [-0.3, -0.25) is 4.79 Å². The minimum absolute atomic E-state index is 0.102. The molecular weight excluding hydrogens is 322 g/mol. The molecule has 0 aromatic carbocycles. The fourth-order valence-corrected chi connectivity index (χ4v) is 4.53. The number of nitrogens with zero attached hydrogens (tertiary/aromatic N) is 4. The van der Waals surface area contributed by atoms with Gasteiger partial charge in [0.2, 0.25) is 10.1 Å². The van der Waals surface area contributed by atoms with Gasteiger partial charge in [-0.25, -0.2) is 4.98 Å². The lowest BCUT2D eigenvalue weighted by molar-refractivity contribution is 0.0882. The van der Waals surface area contributed by atoms with Crippen molar-refractivity contribution >= 4 is 21.4 Å². The number of fused-ring (bicyclic) bond motifs is 1. The lowest BCUT2D eigenvalue weighted by Crippen LogP contribution is -2.52. The Labute approximate surface area is 146 Å². The monoisotopic (exact) mass is 349 g/mol. The van der Waals surface area contributed by atoms with E-state index in [1.54, 1.807) is 6.07 Å². The normalized spacial score (nSPS) is 24.6. The first kappa shape index (κ1) is 17.4. The first-order valence-corrected chi connectivity index (χ1v) is 9.56. The van der Waals surface area contributed by atoms with Crippen molar-refractivity contribution < 1.29 is 0 Å². The highest BCUT2D eigenvalue weighted by Crippen LogP contribution is 2.36. The SMILES string of the molecule is CCc1cc(=O)n2nc(NCC3(N(C)C)CCCC(C)C3)sc2n1. The summed E-state index contributed by atoms with van der Waals surface area (Å²) in [5, 5.41) is 8.66. The fraction of sp³-hybridized carbons (Fsp3) is 0.706. The minimum atomic E-state index is -0.102. The molecule has 1 aliphatic rings. The molecule has 1 saturated carbocycles. The maximum atomic E-state index is 12.1. The highest BCUT2D eigenvalue weighted by Gasteiger charge is 2.36. The quantitative estimate of drug-likeness (QED) is 0.899. The topological polar surface area (TPSA) is 62.5 Å². The van der Waals surface area contributed by atoms with Gasteiger partial charge in [0.25, 0.3) is 5.56 Å². The third-order valence-corrected chi connectivity index (χ3v) is 6.11. The van der Waals surface area contributed by atoms with Crippen LogP contribution < -0.4 is 10.9 Å². The van der Waals surface area contributed by atoms with Crippen LogP contribution in [0.2, 0.25) is 0 Å². The summed E-state index contributed by atoms with van der Waals surface area (Å²) < 4.78 is 1.40. The van der Waals surface area contributed by atoms with Crippen LogP contribution in [0.15, 0.2) is 10.9 Å². The summed E-state index contributed by atoms with van der Waals surface area (Å²) >= 11 is 1.45. The van der Waals surface area contributed by atoms with Gasteiger partial charge in [-0.1, -0.05) is 38.0 Å². The maximum Gasteiger partial charge on any atom is 0.275 e. The van der Waals surface area contributed by atoms with Gasteiger partial charge in [0.1, 0.15) is 0 Å². The van der Waals surface area contributed by atoms with Gasteiger partial charge in [0.05, 0.1) is 0 Å². The number of likely N-dealkylation sites (N-methyl/N-ethyl adjacent to an activating group) is 1. The maximum absolute atomic E-state index is 12.1. The van der Waals surface area contributed by atoms with E-state index < -0.39 is 0 Å². The van der Waals surface area contributed by atoms with Gasteiger partial charge < -0.3 is 10.2 Å². The molecule has 7 heteroatoms. The summed E-state index contributed by atoms with van der Waals surface area (Å²) in [4.78, 5) is 19.6. The van der Waals surface area contributed by atoms with E-state index in [1.165, 1.54) is 41.5 Å². The summed E-state index contributed by atoms with van der Waals surface area (Å²) in [6, 6.07) is 1.57. The van der Waals surface area contributed by atoms with Crippen LogP contribution in [0.3, 0.4) is 0 Å². The molecule has 2 unspecified atom stereocenters. The van der Waals surface area contributed by atoms with Crippen molar-refractivity contribution in [2.45, 2.75) is 51.5 Å². The Morgan fingerprint density at radius 1 is 1.50 bits per heavy atom. The number of aromatic nitrogens is 3. The van der Waals surface area contributed by atoms with Crippen LogP contribution in [-0.2, 0) is 6.42 Å². The summed E-state index contributed by atoms with van der Waals surface area (Å²) in [5.41, 5.74) is 0.874. The van der Waals surface area contributed by atoms with Crippen LogP contribution in [0.5, 0.6) is 0 Å². The molecule has 0 radical (unpaired) electrons. The zero-order chi connectivity index (χ0) is 17.3. The molecule has 6 nitrogen and oxygen atoms in total. The number of hydrogen-bond acceptors (Lipinski definition) is 6. The number of aryl methyl sites for hydroxylation is 1. The number of anilines is 1. The molecule has 0 spiro atoms. The number of hydrogen-bond donors (Lipinski definition) is 1. The van der Waals surface area contributed by atoms with Gasteiger partial charge in [0, 0.05) is 23.8 Å². The van der Waals surface area contributed by atoms with Crippen LogP contribution in [-0.4, -0.2) is 45.7 Å². The van der Waals surface area contributed by atoms with Crippen molar-refractivity contribution in [3.05, 3.63) is 22.1 Å². The van der Waals surface area contributed by atoms with Crippen molar-refractivity contribution in [2.75, 3.05) is 26.0 Å². The molecule has 3 rings (SSSR count). The number of rotatable bonds is 5. The van der Waals surface area contributed by atoms with E-state index in [0.29, 0.717) is 4.96 Å². The van der Waals surface area contributed by atoms with Gasteiger partial charge in [-0.2, -0.15) is 4.52 Å². The van der Waals surface area contributed by atoms with Gasteiger partial charge in [-0.15, -0.1) is 5.10 Å². The van der Waals surface area contributed by atoms with E-state index in [9.17, 15) is 4.79 Å². The Balaban J connectivity index is 1.81. The molecule has 2 aromatic rings. The lowest BCUT2D eigenvalue weighted by Gasteiger charge is -2.45. The second-order valence-corrected chi connectivity index (χ2v) is 8.17. The van der Waals surface area contributed by atoms with Crippen molar-refractivity contribution in [2.24, 2.45) is 5.92 Å². The first-order chi connectivity index (χ1) is 11.4. The summed E-state index contributed by atoms with van der Waals surface area (Å²) in [5.74, 6) is 0.745. The van der Waals surface area contributed by atoms with Crippen LogP contribution >= 0.6 is 11.3 Å². The molecule has 0 amide bonds. The first-order valence-electron chi connectivity index (χ1n) is 8.74. The Morgan fingerprint density at radius 2 is 2.29 bits per heavy atom. The summed E-state index contributed by atoms with van der Waals surface area (Å²) in [6.45, 7) is 5.19. The van der Waals surface area contributed by atoms with Crippen molar-refractivity contribution in [1.82, 2.24) is 19.5 Å². The van der Waals surface area contributed by atoms with Crippen LogP contribution in [0.1, 0.15) is 45.2 Å². The number of nitrogens with one attached hydrogen (secondary N) is 1. The predicted molar refractivity (Wildman–Crippen MR) is 99.1 cm³/mol. The van der Waals surface area contributed by atoms with Crippen LogP contribution in [0, 0.1) is 5.92 Å². The summed E-state index contributed by atoms with van der Waals surface area (Å²) in [6.07, 6.45) is 5.72. The second kappa shape index (κ2) is 6.80. The van der Waals surface area contributed by atoms with E-state index in [2.05, 4.69) is 41.3 Å². The lowest BCUT2D eigenvalue weighted by atomic mass is 9.75. The molecule has 24 heavy (non-hydrogen) atoms. The molecule has 1 N–H and O–H groups in total. The van der Waals surface area contributed by atoms with E-state index in [-0.39, 0.29) is 11.1 Å². The largest absolute Gasteiger partial charge is 0.358 e. The Morgan fingerprint density at radius 3 is 2.96 bits per heavy atom.